The highest BCUT2D eigenvalue weighted by Crippen LogP contribution is 2.34. The normalized spacial score (nSPS) is 10.8. The third-order valence-electron chi connectivity index (χ3n) is 3.97. The van der Waals surface area contributed by atoms with Crippen molar-refractivity contribution < 1.29 is 9.53 Å². The Kier molecular flexibility index (Phi) is 5.95. The summed E-state index contributed by atoms with van der Waals surface area (Å²) in [5.74, 6) is 0.730. The smallest absolute Gasteiger partial charge is 0.305 e. The molecular weight excluding hydrogens is 334 g/mol. The van der Waals surface area contributed by atoms with Gasteiger partial charge in [0.05, 0.1) is 12.5 Å². The van der Waals surface area contributed by atoms with Crippen LogP contribution in [0.3, 0.4) is 0 Å². The largest absolute Gasteiger partial charge is 0.469 e. The lowest BCUT2D eigenvalue weighted by atomic mass is 10.2. The number of unbranched alkanes of at least 4 members (excludes halogenated alkanes) is 2. The van der Waals surface area contributed by atoms with Gasteiger partial charge in [-0.1, -0.05) is 36.8 Å². The van der Waals surface area contributed by atoms with Crippen LogP contribution in [0.25, 0.3) is 20.7 Å². The van der Waals surface area contributed by atoms with Gasteiger partial charge in [-0.05, 0) is 24.5 Å². The van der Waals surface area contributed by atoms with Crippen LogP contribution in [0, 0.1) is 0 Å². The van der Waals surface area contributed by atoms with Crippen molar-refractivity contribution in [3.05, 3.63) is 42.7 Å². The van der Waals surface area contributed by atoms with Gasteiger partial charge < -0.3 is 10.1 Å². The van der Waals surface area contributed by atoms with E-state index in [1.165, 1.54) is 17.6 Å². The predicted molar refractivity (Wildman–Crippen MR) is 102 cm³/mol. The summed E-state index contributed by atoms with van der Waals surface area (Å²) in [6, 6.07) is 12.5. The van der Waals surface area contributed by atoms with E-state index in [2.05, 4.69) is 38.2 Å². The number of esters is 1. The summed E-state index contributed by atoms with van der Waals surface area (Å²) in [7, 11) is 1.43. The number of hydrogen-bond donors (Lipinski definition) is 1. The number of rotatable bonds is 8. The van der Waals surface area contributed by atoms with E-state index >= 15 is 0 Å². The van der Waals surface area contributed by atoms with Gasteiger partial charge in [-0.25, -0.2) is 9.97 Å². The number of nitrogens with zero attached hydrogens (tertiary/aromatic N) is 2. The molecule has 2 heterocycles. The molecule has 3 rings (SSSR count). The van der Waals surface area contributed by atoms with Crippen LogP contribution in [-0.4, -0.2) is 29.6 Å². The monoisotopic (exact) mass is 355 g/mol. The molecule has 0 bridgehead atoms. The SMILES string of the molecule is COC(=O)CCCCCNc1ncnc2sc(-c3ccccc3)cc12. The number of anilines is 1. The van der Waals surface area contributed by atoms with Gasteiger partial charge in [-0.3, -0.25) is 4.79 Å². The molecular formula is C19H21N3O2S. The lowest BCUT2D eigenvalue weighted by Gasteiger charge is -2.06. The maximum Gasteiger partial charge on any atom is 0.305 e. The maximum atomic E-state index is 11.1. The highest BCUT2D eigenvalue weighted by Gasteiger charge is 2.09. The van der Waals surface area contributed by atoms with E-state index < -0.39 is 0 Å². The highest BCUT2D eigenvalue weighted by atomic mass is 32.1. The second-order valence-corrected chi connectivity index (χ2v) is 6.76. The number of carbonyl (C=O) groups excluding carboxylic acids is 1. The second kappa shape index (κ2) is 8.58. The van der Waals surface area contributed by atoms with E-state index in [9.17, 15) is 4.79 Å². The Balaban J connectivity index is 1.60. The third kappa shape index (κ3) is 4.54. The van der Waals surface area contributed by atoms with Crippen LogP contribution < -0.4 is 5.32 Å². The Labute approximate surface area is 151 Å². The molecule has 0 aliphatic rings. The van der Waals surface area contributed by atoms with Gasteiger partial charge in [-0.2, -0.15) is 0 Å². The molecule has 130 valence electrons. The first-order valence-electron chi connectivity index (χ1n) is 8.38. The summed E-state index contributed by atoms with van der Waals surface area (Å²) in [5.41, 5.74) is 1.19. The Hall–Kier alpha value is -2.47. The Bertz CT molecular complexity index is 833. The fourth-order valence-corrected chi connectivity index (χ4v) is 3.63. The first kappa shape index (κ1) is 17.4. The van der Waals surface area contributed by atoms with Crippen molar-refractivity contribution in [2.75, 3.05) is 19.0 Å². The summed E-state index contributed by atoms with van der Waals surface area (Å²) < 4.78 is 4.64. The minimum Gasteiger partial charge on any atom is -0.469 e. The van der Waals surface area contributed by atoms with Crippen molar-refractivity contribution in [1.29, 1.82) is 0 Å². The van der Waals surface area contributed by atoms with Crippen LogP contribution in [0.15, 0.2) is 42.7 Å². The molecule has 0 aliphatic heterocycles. The van der Waals surface area contributed by atoms with Gasteiger partial charge in [-0.15, -0.1) is 11.3 Å². The van der Waals surface area contributed by atoms with Crippen LogP contribution in [0.2, 0.25) is 0 Å². The molecule has 25 heavy (non-hydrogen) atoms. The molecule has 0 unspecified atom stereocenters. The first-order valence-corrected chi connectivity index (χ1v) is 9.20. The fourth-order valence-electron chi connectivity index (χ4n) is 2.62. The number of nitrogens with one attached hydrogen (secondary N) is 1. The summed E-state index contributed by atoms with van der Waals surface area (Å²) in [6.07, 6.45) is 4.91. The van der Waals surface area contributed by atoms with Crippen molar-refractivity contribution in [2.24, 2.45) is 0 Å². The molecule has 0 fully saturated rings. The Morgan fingerprint density at radius 3 is 2.80 bits per heavy atom. The molecule has 2 aromatic heterocycles. The van der Waals surface area contributed by atoms with Gasteiger partial charge in [0.1, 0.15) is 17.0 Å². The number of methoxy groups -OCH3 is 1. The molecule has 0 spiro atoms. The summed E-state index contributed by atoms with van der Waals surface area (Å²) in [4.78, 5) is 22.0. The minimum atomic E-state index is -0.141. The molecule has 3 aromatic rings. The van der Waals surface area contributed by atoms with Gasteiger partial charge in [0.15, 0.2) is 0 Å². The van der Waals surface area contributed by atoms with Gasteiger partial charge in [0.2, 0.25) is 0 Å². The number of fused-ring (bicyclic) bond motifs is 1. The molecule has 5 nitrogen and oxygen atoms in total. The lowest BCUT2D eigenvalue weighted by Crippen LogP contribution is -2.04. The van der Waals surface area contributed by atoms with Crippen LogP contribution in [-0.2, 0) is 9.53 Å². The summed E-state index contributed by atoms with van der Waals surface area (Å²) >= 11 is 1.68. The molecule has 1 aromatic carbocycles. The quantitative estimate of drug-likeness (QED) is 0.476. The van der Waals surface area contributed by atoms with E-state index in [1.807, 2.05) is 18.2 Å². The Morgan fingerprint density at radius 2 is 2.00 bits per heavy atom. The predicted octanol–water partition coefficient (Wildman–Crippen LogP) is 4.50. The molecule has 1 N–H and O–H groups in total. The average molecular weight is 355 g/mol. The number of hydrogen-bond acceptors (Lipinski definition) is 6. The first-order chi connectivity index (χ1) is 12.3. The van der Waals surface area contributed by atoms with Gasteiger partial charge >= 0.3 is 5.97 Å². The molecule has 0 saturated heterocycles. The van der Waals surface area contributed by atoms with E-state index in [-0.39, 0.29) is 5.97 Å². The number of carbonyl (C=O) groups is 1. The number of thiophene rings is 1. The van der Waals surface area contributed by atoms with Crippen molar-refractivity contribution in [3.8, 4) is 10.4 Å². The zero-order valence-electron chi connectivity index (χ0n) is 14.2. The zero-order chi connectivity index (χ0) is 17.5. The van der Waals surface area contributed by atoms with Crippen molar-refractivity contribution in [3.63, 3.8) is 0 Å². The maximum absolute atomic E-state index is 11.1. The molecule has 0 amide bonds. The Morgan fingerprint density at radius 1 is 1.16 bits per heavy atom. The zero-order valence-corrected chi connectivity index (χ0v) is 15.0. The van der Waals surface area contributed by atoms with Gasteiger partial charge in [0.25, 0.3) is 0 Å². The molecule has 0 aliphatic carbocycles. The standard InChI is InChI=1S/C19H21N3O2S/c1-24-17(23)10-6-3-7-11-20-18-15-12-16(14-8-4-2-5-9-14)25-19(15)22-13-21-18/h2,4-5,8-9,12-13H,3,6-7,10-11H2,1H3,(H,20,21,22). The van der Waals surface area contributed by atoms with Crippen LogP contribution in [0.5, 0.6) is 0 Å². The van der Waals surface area contributed by atoms with E-state index in [4.69, 9.17) is 0 Å². The fraction of sp³-hybridized carbons (Fsp3) is 0.316. The molecule has 0 atom stereocenters. The second-order valence-electron chi connectivity index (χ2n) is 5.73. The highest BCUT2D eigenvalue weighted by molar-refractivity contribution is 7.21. The van der Waals surface area contributed by atoms with Crippen LogP contribution in [0.4, 0.5) is 5.82 Å². The van der Waals surface area contributed by atoms with Gasteiger partial charge in [0, 0.05) is 17.8 Å². The number of ether oxygens (including phenoxy) is 1. The number of aromatic nitrogens is 2. The number of benzene rings is 1. The summed E-state index contributed by atoms with van der Waals surface area (Å²) in [6.45, 7) is 0.823. The minimum absolute atomic E-state index is 0.141. The summed E-state index contributed by atoms with van der Waals surface area (Å²) in [5, 5.41) is 4.45. The van der Waals surface area contributed by atoms with Crippen molar-refractivity contribution in [2.45, 2.75) is 25.7 Å². The van der Waals surface area contributed by atoms with Crippen molar-refractivity contribution >= 4 is 33.3 Å². The molecule has 0 saturated carbocycles. The van der Waals surface area contributed by atoms with Crippen molar-refractivity contribution in [1.82, 2.24) is 9.97 Å². The lowest BCUT2D eigenvalue weighted by molar-refractivity contribution is -0.140. The average Bonchev–Trinajstić information content (AvgIpc) is 3.10. The molecule has 0 radical (unpaired) electrons. The van der Waals surface area contributed by atoms with Crippen LogP contribution >= 0.6 is 11.3 Å². The van der Waals surface area contributed by atoms with E-state index in [0.29, 0.717) is 6.42 Å². The molecule has 6 heteroatoms. The van der Waals surface area contributed by atoms with Crippen LogP contribution in [0.1, 0.15) is 25.7 Å². The van der Waals surface area contributed by atoms with E-state index in [1.54, 1.807) is 17.7 Å². The third-order valence-corrected chi connectivity index (χ3v) is 5.06. The topological polar surface area (TPSA) is 64.1 Å². The van der Waals surface area contributed by atoms with E-state index in [0.717, 1.165) is 41.8 Å².